The lowest BCUT2D eigenvalue weighted by Gasteiger charge is -2.06. The van der Waals surface area contributed by atoms with Crippen LogP contribution in [0.15, 0.2) is 24.4 Å². The smallest absolute Gasteiger partial charge is 0.152 e. The van der Waals surface area contributed by atoms with Gasteiger partial charge in [-0.2, -0.15) is 0 Å². The van der Waals surface area contributed by atoms with Gasteiger partial charge in [-0.1, -0.05) is 32.0 Å². The Morgan fingerprint density at radius 3 is 2.79 bits per heavy atom. The average molecular weight is 187 g/mol. The third kappa shape index (κ3) is 1.23. The van der Waals surface area contributed by atoms with Crippen molar-refractivity contribution in [3.63, 3.8) is 0 Å². The molecule has 2 aromatic rings. The van der Waals surface area contributed by atoms with Crippen molar-refractivity contribution < 1.29 is 4.79 Å². The Morgan fingerprint density at radius 1 is 1.36 bits per heavy atom. The number of H-pyrrole nitrogens is 1. The van der Waals surface area contributed by atoms with Gasteiger partial charge in [-0.25, -0.2) is 0 Å². The van der Waals surface area contributed by atoms with Crippen LogP contribution in [-0.2, 0) is 0 Å². The van der Waals surface area contributed by atoms with Gasteiger partial charge >= 0.3 is 0 Å². The number of aldehydes is 1. The quantitative estimate of drug-likeness (QED) is 0.720. The van der Waals surface area contributed by atoms with Gasteiger partial charge in [0.25, 0.3) is 0 Å². The number of nitrogens with one attached hydrogen (secondary N) is 1. The minimum absolute atomic E-state index is 0.469. The zero-order chi connectivity index (χ0) is 10.1. The molecule has 1 aromatic carbocycles. The topological polar surface area (TPSA) is 32.9 Å². The van der Waals surface area contributed by atoms with Crippen LogP contribution in [0.1, 0.15) is 35.7 Å². The summed E-state index contributed by atoms with van der Waals surface area (Å²) in [4.78, 5) is 13.9. The lowest BCUT2D eigenvalue weighted by Crippen LogP contribution is -1.88. The van der Waals surface area contributed by atoms with Crippen molar-refractivity contribution >= 4 is 17.2 Å². The zero-order valence-electron chi connectivity index (χ0n) is 8.37. The SMILES string of the molecule is CC(C)c1cccc2c(C=O)c[nH]c12. The lowest BCUT2D eigenvalue weighted by atomic mass is 10.00. The van der Waals surface area contributed by atoms with E-state index < -0.39 is 0 Å². The van der Waals surface area contributed by atoms with Gasteiger partial charge in [0.15, 0.2) is 6.29 Å². The van der Waals surface area contributed by atoms with Gasteiger partial charge in [0.1, 0.15) is 0 Å². The van der Waals surface area contributed by atoms with E-state index in [2.05, 4.69) is 24.9 Å². The molecule has 72 valence electrons. The van der Waals surface area contributed by atoms with Crippen LogP contribution in [0.25, 0.3) is 10.9 Å². The molecule has 0 fully saturated rings. The van der Waals surface area contributed by atoms with E-state index in [-0.39, 0.29) is 0 Å². The predicted octanol–water partition coefficient (Wildman–Crippen LogP) is 3.10. The molecule has 0 atom stereocenters. The minimum Gasteiger partial charge on any atom is -0.360 e. The Hall–Kier alpha value is -1.57. The van der Waals surface area contributed by atoms with E-state index in [0.717, 1.165) is 22.8 Å². The molecule has 0 saturated heterocycles. The Morgan fingerprint density at radius 2 is 2.14 bits per heavy atom. The number of hydrogen-bond acceptors (Lipinski definition) is 1. The molecule has 14 heavy (non-hydrogen) atoms. The highest BCUT2D eigenvalue weighted by atomic mass is 16.1. The number of fused-ring (bicyclic) bond motifs is 1. The summed E-state index contributed by atoms with van der Waals surface area (Å²) in [6.45, 7) is 4.30. The van der Waals surface area contributed by atoms with Crippen LogP contribution >= 0.6 is 0 Å². The van der Waals surface area contributed by atoms with Gasteiger partial charge in [-0.05, 0) is 11.5 Å². The molecule has 0 aliphatic rings. The first-order chi connectivity index (χ1) is 6.74. The first kappa shape index (κ1) is 9.00. The number of rotatable bonds is 2. The van der Waals surface area contributed by atoms with E-state index in [4.69, 9.17) is 0 Å². The number of benzene rings is 1. The van der Waals surface area contributed by atoms with Crippen LogP contribution in [0.5, 0.6) is 0 Å². The van der Waals surface area contributed by atoms with Crippen molar-refractivity contribution in [2.24, 2.45) is 0 Å². The van der Waals surface area contributed by atoms with Crippen LogP contribution < -0.4 is 0 Å². The average Bonchev–Trinajstić information content (AvgIpc) is 2.59. The van der Waals surface area contributed by atoms with Gasteiger partial charge < -0.3 is 4.98 Å². The number of hydrogen-bond donors (Lipinski definition) is 1. The summed E-state index contributed by atoms with van der Waals surface area (Å²) in [5.74, 6) is 0.469. The molecule has 2 nitrogen and oxygen atoms in total. The highest BCUT2D eigenvalue weighted by molar-refractivity contribution is 5.98. The standard InChI is InChI=1S/C12H13NO/c1-8(2)10-4-3-5-11-9(7-14)6-13-12(10)11/h3-8,13H,1-2H3. The molecule has 0 radical (unpaired) electrons. The summed E-state index contributed by atoms with van der Waals surface area (Å²) in [7, 11) is 0. The van der Waals surface area contributed by atoms with Crippen molar-refractivity contribution in [1.82, 2.24) is 4.98 Å². The number of para-hydroxylation sites is 1. The molecule has 2 rings (SSSR count). The molecule has 0 aliphatic carbocycles. The van der Waals surface area contributed by atoms with Crippen LogP contribution in [-0.4, -0.2) is 11.3 Å². The molecular formula is C12H13NO. The van der Waals surface area contributed by atoms with Crippen molar-refractivity contribution in [2.45, 2.75) is 19.8 Å². The van der Waals surface area contributed by atoms with Crippen LogP contribution in [0.4, 0.5) is 0 Å². The van der Waals surface area contributed by atoms with Gasteiger partial charge in [0.05, 0.1) is 0 Å². The molecule has 0 amide bonds. The fraction of sp³-hybridized carbons (Fsp3) is 0.250. The summed E-state index contributed by atoms with van der Waals surface area (Å²) in [5.41, 5.74) is 3.09. The minimum atomic E-state index is 0.469. The fourth-order valence-corrected chi connectivity index (χ4v) is 1.78. The van der Waals surface area contributed by atoms with E-state index in [9.17, 15) is 4.79 Å². The van der Waals surface area contributed by atoms with E-state index in [1.807, 2.05) is 12.1 Å². The van der Waals surface area contributed by atoms with Crippen LogP contribution in [0, 0.1) is 0 Å². The molecule has 1 aromatic heterocycles. The summed E-state index contributed by atoms with van der Waals surface area (Å²) >= 11 is 0. The van der Waals surface area contributed by atoms with E-state index in [1.165, 1.54) is 5.56 Å². The maximum atomic E-state index is 10.7. The summed E-state index contributed by atoms with van der Waals surface area (Å²) in [5, 5.41) is 1.02. The highest BCUT2D eigenvalue weighted by Crippen LogP contribution is 2.25. The van der Waals surface area contributed by atoms with E-state index in [1.54, 1.807) is 6.20 Å². The summed E-state index contributed by atoms with van der Waals surface area (Å²) in [6.07, 6.45) is 2.66. The third-order valence-electron chi connectivity index (χ3n) is 2.53. The number of carbonyl (C=O) groups excluding carboxylic acids is 1. The van der Waals surface area contributed by atoms with Crippen molar-refractivity contribution in [3.05, 3.63) is 35.5 Å². The van der Waals surface area contributed by atoms with Crippen molar-refractivity contribution in [3.8, 4) is 0 Å². The van der Waals surface area contributed by atoms with Gasteiger partial charge in [-0.3, -0.25) is 4.79 Å². The van der Waals surface area contributed by atoms with Crippen molar-refractivity contribution in [1.29, 1.82) is 0 Å². The first-order valence-corrected chi connectivity index (χ1v) is 4.79. The molecular weight excluding hydrogens is 174 g/mol. The van der Waals surface area contributed by atoms with E-state index >= 15 is 0 Å². The molecule has 2 heteroatoms. The second kappa shape index (κ2) is 3.29. The maximum absolute atomic E-state index is 10.7. The Kier molecular flexibility index (Phi) is 2.12. The largest absolute Gasteiger partial charge is 0.360 e. The predicted molar refractivity (Wildman–Crippen MR) is 57.8 cm³/mol. The number of aromatic nitrogens is 1. The third-order valence-corrected chi connectivity index (χ3v) is 2.53. The normalized spacial score (nSPS) is 11.1. The summed E-state index contributed by atoms with van der Waals surface area (Å²) < 4.78 is 0. The fourth-order valence-electron chi connectivity index (χ4n) is 1.78. The van der Waals surface area contributed by atoms with Gasteiger partial charge in [0, 0.05) is 22.7 Å². The monoisotopic (exact) mass is 187 g/mol. The van der Waals surface area contributed by atoms with Crippen LogP contribution in [0.3, 0.4) is 0 Å². The Labute approximate surface area is 82.9 Å². The molecule has 1 N–H and O–H groups in total. The first-order valence-electron chi connectivity index (χ1n) is 4.79. The Balaban J connectivity index is 2.76. The van der Waals surface area contributed by atoms with Gasteiger partial charge in [0.2, 0.25) is 0 Å². The van der Waals surface area contributed by atoms with Gasteiger partial charge in [-0.15, -0.1) is 0 Å². The molecule has 0 aliphatic heterocycles. The second-order valence-electron chi connectivity index (χ2n) is 3.79. The van der Waals surface area contributed by atoms with Crippen LogP contribution in [0.2, 0.25) is 0 Å². The van der Waals surface area contributed by atoms with Crippen molar-refractivity contribution in [2.75, 3.05) is 0 Å². The zero-order valence-corrected chi connectivity index (χ0v) is 8.37. The molecule has 0 saturated carbocycles. The number of aromatic amines is 1. The van der Waals surface area contributed by atoms with E-state index in [0.29, 0.717) is 5.92 Å². The highest BCUT2D eigenvalue weighted by Gasteiger charge is 2.08. The molecule has 0 spiro atoms. The second-order valence-corrected chi connectivity index (χ2v) is 3.79. The molecule has 0 unspecified atom stereocenters. The maximum Gasteiger partial charge on any atom is 0.152 e. The lowest BCUT2D eigenvalue weighted by molar-refractivity contribution is 0.112. The Bertz CT molecular complexity index is 468. The molecule has 1 heterocycles. The molecule has 0 bridgehead atoms. The summed E-state index contributed by atoms with van der Waals surface area (Å²) in [6, 6.07) is 6.07. The number of carbonyl (C=O) groups is 1.